The number of halogens is 1. The van der Waals surface area contributed by atoms with Crippen molar-refractivity contribution >= 4 is 23.8 Å². The third-order valence-corrected chi connectivity index (χ3v) is 3.32. The minimum atomic E-state index is -4.94. The Morgan fingerprint density at radius 1 is 1.12 bits per heavy atom. The van der Waals surface area contributed by atoms with Gasteiger partial charge < -0.3 is 5.32 Å². The summed E-state index contributed by atoms with van der Waals surface area (Å²) in [4.78, 5) is 27.3. The molecule has 2 aliphatic rings. The van der Waals surface area contributed by atoms with Gasteiger partial charge in [-0.1, -0.05) is 0 Å². The lowest BCUT2D eigenvalue weighted by Gasteiger charge is -2.28. The number of amides is 3. The SMILES string of the molecule is Cc1cc(C)c[n+](C2=CC3C(=O)NC(=O)NC3N=C2)c1.[O-][Cl+3]([O-])([O-])[O-]. The molecule has 0 aliphatic carbocycles. The molecule has 10 nitrogen and oxygen atoms in total. The van der Waals surface area contributed by atoms with Gasteiger partial charge in [0.1, 0.15) is 12.1 Å². The van der Waals surface area contributed by atoms with Crippen LogP contribution in [-0.4, -0.2) is 24.3 Å². The van der Waals surface area contributed by atoms with Gasteiger partial charge in [0.05, 0.1) is 6.21 Å². The first-order chi connectivity index (χ1) is 11.5. The number of urea groups is 1. The van der Waals surface area contributed by atoms with E-state index in [0.29, 0.717) is 0 Å². The summed E-state index contributed by atoms with van der Waals surface area (Å²) in [6, 6.07) is 1.58. The summed E-state index contributed by atoms with van der Waals surface area (Å²) >= 11 is 0. The summed E-state index contributed by atoms with van der Waals surface area (Å²) in [6.07, 6.45) is 6.95. The van der Waals surface area contributed by atoms with Gasteiger partial charge in [0.15, 0.2) is 12.4 Å². The van der Waals surface area contributed by atoms with Crippen molar-refractivity contribution in [2.75, 3.05) is 0 Å². The lowest BCUT2D eigenvalue weighted by Crippen LogP contribution is -2.68. The monoisotopic (exact) mass is 370 g/mol. The molecule has 3 rings (SSSR count). The van der Waals surface area contributed by atoms with Crippen LogP contribution >= 0.6 is 0 Å². The molecule has 0 radical (unpaired) electrons. The maximum Gasteiger partial charge on any atom is 0.323 e. The number of pyridine rings is 1. The van der Waals surface area contributed by atoms with Gasteiger partial charge in [0, 0.05) is 17.2 Å². The molecular formula is C14H15ClN4O6. The molecule has 0 bridgehead atoms. The Kier molecular flexibility index (Phi) is 5.50. The lowest BCUT2D eigenvalue weighted by atomic mass is 9.99. The highest BCUT2D eigenvalue weighted by molar-refractivity contribution is 6.05. The van der Waals surface area contributed by atoms with Crippen LogP contribution in [0.5, 0.6) is 0 Å². The fraction of sp³-hybridized carbons (Fsp3) is 0.286. The van der Waals surface area contributed by atoms with Crippen molar-refractivity contribution in [1.82, 2.24) is 10.6 Å². The van der Waals surface area contributed by atoms with E-state index in [9.17, 15) is 9.59 Å². The van der Waals surface area contributed by atoms with Crippen molar-refractivity contribution in [2.45, 2.75) is 20.0 Å². The second-order valence-corrected chi connectivity index (χ2v) is 6.23. The molecule has 25 heavy (non-hydrogen) atoms. The van der Waals surface area contributed by atoms with Crippen LogP contribution in [0.4, 0.5) is 4.79 Å². The molecule has 2 aliphatic heterocycles. The van der Waals surface area contributed by atoms with Gasteiger partial charge in [-0.2, -0.15) is 4.57 Å². The van der Waals surface area contributed by atoms with E-state index < -0.39 is 28.4 Å². The number of carbonyl (C=O) groups excluding carboxylic acids is 2. The quantitative estimate of drug-likeness (QED) is 0.473. The highest BCUT2D eigenvalue weighted by atomic mass is 35.7. The molecule has 0 spiro atoms. The fourth-order valence-corrected chi connectivity index (χ4v) is 2.49. The summed E-state index contributed by atoms with van der Waals surface area (Å²) in [6.45, 7) is 4.03. The summed E-state index contributed by atoms with van der Waals surface area (Å²) in [5.41, 5.74) is 3.08. The van der Waals surface area contributed by atoms with E-state index in [4.69, 9.17) is 18.6 Å². The average Bonchev–Trinajstić information content (AvgIpc) is 2.44. The van der Waals surface area contributed by atoms with Gasteiger partial charge >= 0.3 is 6.03 Å². The second kappa shape index (κ2) is 7.25. The molecular weight excluding hydrogens is 356 g/mol. The van der Waals surface area contributed by atoms with Crippen molar-refractivity contribution in [3.63, 3.8) is 0 Å². The molecule has 0 aromatic carbocycles. The Labute approximate surface area is 144 Å². The number of nitrogens with one attached hydrogen (secondary N) is 2. The fourth-order valence-electron chi connectivity index (χ4n) is 2.49. The van der Waals surface area contributed by atoms with Gasteiger partial charge in [-0.05, 0) is 19.9 Å². The Bertz CT molecular complexity index is 732. The zero-order chi connectivity index (χ0) is 18.8. The minimum Gasteiger partial charge on any atom is -0.315 e. The number of allylic oxidation sites excluding steroid dienone is 1. The molecule has 1 aromatic rings. The Balaban J connectivity index is 0.000000399. The van der Waals surface area contributed by atoms with E-state index in [2.05, 4.69) is 21.7 Å². The summed E-state index contributed by atoms with van der Waals surface area (Å²) in [5.74, 6) is -0.793. The lowest BCUT2D eigenvalue weighted by molar-refractivity contribution is -2.00. The van der Waals surface area contributed by atoms with Crippen molar-refractivity contribution < 1.29 is 43.0 Å². The number of rotatable bonds is 1. The van der Waals surface area contributed by atoms with Crippen LogP contribution in [0.25, 0.3) is 5.70 Å². The Morgan fingerprint density at radius 2 is 1.68 bits per heavy atom. The topological polar surface area (TPSA) is 167 Å². The molecule has 3 amide bonds. The van der Waals surface area contributed by atoms with Gasteiger partial charge in [0.2, 0.25) is 11.6 Å². The largest absolute Gasteiger partial charge is 0.323 e. The molecule has 1 aromatic heterocycles. The van der Waals surface area contributed by atoms with Crippen LogP contribution in [0.2, 0.25) is 0 Å². The number of dihydropyridines is 1. The standard InChI is InChI=1S/C14H14N4O2.ClHO4/c1-8-3-9(2)7-18(6-8)10-4-11-12(15-5-10)16-14(20)17-13(11)19;2-1(3,4)5/h3-7,11-12H,1-2H3,(H-,16,17,19,20);(H,2,3,4,5). The molecule has 134 valence electrons. The minimum absolute atomic E-state index is 0.321. The number of aliphatic imine (C=N–C) groups is 1. The number of fused-ring (bicyclic) bond motifs is 1. The van der Waals surface area contributed by atoms with Crippen LogP contribution in [0, 0.1) is 30.0 Å². The number of imide groups is 1. The number of aromatic nitrogens is 1. The highest BCUT2D eigenvalue weighted by Crippen LogP contribution is 2.18. The average molecular weight is 371 g/mol. The van der Waals surface area contributed by atoms with Crippen LogP contribution in [0.1, 0.15) is 11.1 Å². The third-order valence-electron chi connectivity index (χ3n) is 3.32. The van der Waals surface area contributed by atoms with Gasteiger partial charge in [-0.25, -0.2) is 23.4 Å². The maximum atomic E-state index is 11.9. The normalized spacial score (nSPS) is 22.1. The molecule has 11 heteroatoms. The van der Waals surface area contributed by atoms with Crippen LogP contribution < -0.4 is 33.8 Å². The predicted octanol–water partition coefficient (Wildman–Crippen LogP) is -4.46. The molecule has 2 unspecified atom stereocenters. The number of aryl methyl sites for hydroxylation is 2. The van der Waals surface area contributed by atoms with E-state index in [1.807, 2.05) is 36.9 Å². The van der Waals surface area contributed by atoms with Crippen molar-refractivity contribution in [3.8, 4) is 0 Å². The van der Waals surface area contributed by atoms with E-state index in [0.717, 1.165) is 16.8 Å². The number of nitrogens with zero attached hydrogens (tertiary/aromatic N) is 2. The first-order valence-electron chi connectivity index (χ1n) is 7.01. The predicted molar refractivity (Wildman–Crippen MR) is 72.8 cm³/mol. The molecule has 1 saturated heterocycles. The van der Waals surface area contributed by atoms with Crippen LogP contribution in [-0.2, 0) is 4.79 Å². The number of carbonyl (C=O) groups is 2. The molecule has 2 N–H and O–H groups in total. The van der Waals surface area contributed by atoms with E-state index in [-0.39, 0.29) is 5.91 Å². The van der Waals surface area contributed by atoms with Gasteiger partial charge in [-0.15, -0.1) is 10.2 Å². The van der Waals surface area contributed by atoms with Crippen LogP contribution in [0.3, 0.4) is 0 Å². The van der Waals surface area contributed by atoms with Crippen LogP contribution in [0.15, 0.2) is 29.5 Å². The highest BCUT2D eigenvalue weighted by Gasteiger charge is 2.37. The summed E-state index contributed by atoms with van der Waals surface area (Å²) in [5, 5.41) is 4.88. The Hall–Kier alpha value is -2.37. The van der Waals surface area contributed by atoms with Crippen molar-refractivity contribution in [2.24, 2.45) is 10.9 Å². The Morgan fingerprint density at radius 3 is 2.24 bits per heavy atom. The smallest absolute Gasteiger partial charge is 0.315 e. The first kappa shape index (κ1) is 19.0. The van der Waals surface area contributed by atoms with E-state index in [1.54, 1.807) is 6.21 Å². The van der Waals surface area contributed by atoms with E-state index >= 15 is 0 Å². The summed E-state index contributed by atoms with van der Waals surface area (Å²) in [7, 11) is -4.94. The second-order valence-electron chi connectivity index (χ2n) is 5.48. The number of hydrogen-bond acceptors (Lipinski definition) is 7. The van der Waals surface area contributed by atoms with Crippen molar-refractivity contribution in [3.05, 3.63) is 35.7 Å². The zero-order valence-corrected chi connectivity index (χ0v) is 14.0. The third kappa shape index (κ3) is 5.59. The van der Waals surface area contributed by atoms with E-state index in [1.165, 1.54) is 0 Å². The van der Waals surface area contributed by atoms with Gasteiger partial charge in [-0.3, -0.25) is 15.1 Å². The summed E-state index contributed by atoms with van der Waals surface area (Å²) < 4.78 is 35.9. The first-order valence-corrected chi connectivity index (χ1v) is 8.24. The molecule has 3 heterocycles. The molecule has 0 saturated carbocycles. The van der Waals surface area contributed by atoms with Gasteiger partial charge in [0.25, 0.3) is 0 Å². The number of hydrogen-bond donors (Lipinski definition) is 2. The molecule has 1 fully saturated rings. The maximum absolute atomic E-state index is 11.9. The van der Waals surface area contributed by atoms with Crippen molar-refractivity contribution in [1.29, 1.82) is 0 Å². The molecule has 2 atom stereocenters. The zero-order valence-electron chi connectivity index (χ0n) is 13.3.